The van der Waals surface area contributed by atoms with Crippen molar-refractivity contribution >= 4 is 29.2 Å². The highest BCUT2D eigenvalue weighted by molar-refractivity contribution is 6.05. The lowest BCUT2D eigenvalue weighted by Crippen LogP contribution is -2.45. The highest BCUT2D eigenvalue weighted by atomic mass is 16.5. The number of methoxy groups -OCH3 is 1. The van der Waals surface area contributed by atoms with Crippen molar-refractivity contribution < 1.29 is 9.53 Å². The molecule has 7 nitrogen and oxygen atoms in total. The number of amides is 2. The third-order valence-corrected chi connectivity index (χ3v) is 4.42. The van der Waals surface area contributed by atoms with Gasteiger partial charge in [-0.3, -0.25) is 9.80 Å². The maximum atomic E-state index is 12.9. The van der Waals surface area contributed by atoms with Crippen LogP contribution >= 0.6 is 0 Å². The van der Waals surface area contributed by atoms with Crippen LogP contribution in [0.25, 0.3) is 0 Å². The Morgan fingerprint density at radius 1 is 1.07 bits per heavy atom. The molecular formula is C20H19N5O2. The van der Waals surface area contributed by atoms with Gasteiger partial charge in [0.15, 0.2) is 0 Å². The summed E-state index contributed by atoms with van der Waals surface area (Å²) in [5.41, 5.74) is 2.57. The monoisotopic (exact) mass is 361 g/mol. The first-order valence-electron chi connectivity index (χ1n) is 8.53. The maximum absolute atomic E-state index is 12.9. The minimum Gasteiger partial charge on any atom is -0.497 e. The Hall–Kier alpha value is -3.61. The molecule has 2 amide bonds. The van der Waals surface area contributed by atoms with Crippen LogP contribution in [-0.4, -0.2) is 30.2 Å². The molecule has 2 heterocycles. The molecule has 0 saturated carbocycles. The molecule has 0 aliphatic carbocycles. The molecule has 27 heavy (non-hydrogen) atoms. The van der Waals surface area contributed by atoms with E-state index in [4.69, 9.17) is 4.74 Å². The van der Waals surface area contributed by atoms with Gasteiger partial charge in [-0.15, -0.1) is 0 Å². The second-order valence-corrected chi connectivity index (χ2v) is 6.16. The number of aromatic nitrogens is 2. The highest BCUT2D eigenvalue weighted by Gasteiger charge is 2.30. The van der Waals surface area contributed by atoms with Crippen LogP contribution < -0.4 is 19.9 Å². The van der Waals surface area contributed by atoms with Crippen LogP contribution in [0.4, 0.5) is 27.9 Å². The molecule has 7 heteroatoms. The SMILES string of the molecule is COc1ccc(N2Cc3cnc(Nc4ccccc4)nc3N(C)C2=O)cc1. The minimum absolute atomic E-state index is 0.142. The Bertz CT molecular complexity index is 960. The summed E-state index contributed by atoms with van der Waals surface area (Å²) in [4.78, 5) is 25.0. The van der Waals surface area contributed by atoms with E-state index in [2.05, 4.69) is 15.3 Å². The Labute approximate surface area is 157 Å². The number of anilines is 4. The smallest absolute Gasteiger partial charge is 0.330 e. The van der Waals surface area contributed by atoms with Crippen LogP contribution in [-0.2, 0) is 6.54 Å². The summed E-state index contributed by atoms with van der Waals surface area (Å²) < 4.78 is 5.18. The average Bonchev–Trinajstić information content (AvgIpc) is 2.72. The number of nitrogens with one attached hydrogen (secondary N) is 1. The van der Waals surface area contributed by atoms with E-state index in [1.54, 1.807) is 30.2 Å². The summed E-state index contributed by atoms with van der Waals surface area (Å²) in [5.74, 6) is 1.81. The quantitative estimate of drug-likeness (QED) is 0.765. The van der Waals surface area contributed by atoms with Gasteiger partial charge in [-0.05, 0) is 36.4 Å². The van der Waals surface area contributed by atoms with Crippen molar-refractivity contribution in [1.29, 1.82) is 0 Å². The third kappa shape index (κ3) is 3.27. The van der Waals surface area contributed by atoms with Crippen molar-refractivity contribution in [3.8, 4) is 5.75 Å². The first-order valence-corrected chi connectivity index (χ1v) is 8.53. The van der Waals surface area contributed by atoms with E-state index in [9.17, 15) is 4.79 Å². The molecule has 3 aromatic rings. The van der Waals surface area contributed by atoms with Crippen LogP contribution in [0.2, 0.25) is 0 Å². The van der Waals surface area contributed by atoms with E-state index in [0.717, 1.165) is 22.7 Å². The van der Waals surface area contributed by atoms with Gasteiger partial charge in [0.05, 0.1) is 13.7 Å². The van der Waals surface area contributed by atoms with E-state index in [0.29, 0.717) is 18.3 Å². The average molecular weight is 361 g/mol. The van der Waals surface area contributed by atoms with E-state index in [1.807, 2.05) is 54.6 Å². The molecule has 4 rings (SSSR count). The van der Waals surface area contributed by atoms with Crippen molar-refractivity contribution in [2.45, 2.75) is 6.54 Å². The normalized spacial score (nSPS) is 13.3. The van der Waals surface area contributed by atoms with Gasteiger partial charge in [-0.2, -0.15) is 4.98 Å². The van der Waals surface area contributed by atoms with Crippen LogP contribution in [0, 0.1) is 0 Å². The van der Waals surface area contributed by atoms with Crippen molar-refractivity contribution in [2.24, 2.45) is 0 Å². The van der Waals surface area contributed by atoms with Crippen LogP contribution in [0.1, 0.15) is 5.56 Å². The Kier molecular flexibility index (Phi) is 4.33. The van der Waals surface area contributed by atoms with Gasteiger partial charge in [-0.25, -0.2) is 9.78 Å². The fourth-order valence-electron chi connectivity index (χ4n) is 2.98. The molecule has 0 radical (unpaired) electrons. The van der Waals surface area contributed by atoms with E-state index < -0.39 is 0 Å². The molecule has 0 saturated heterocycles. The molecule has 1 aliphatic rings. The number of benzene rings is 2. The largest absolute Gasteiger partial charge is 0.497 e. The lowest BCUT2D eigenvalue weighted by atomic mass is 10.2. The summed E-state index contributed by atoms with van der Waals surface area (Å²) in [6.07, 6.45) is 1.76. The molecule has 0 unspecified atom stereocenters. The maximum Gasteiger partial charge on any atom is 0.330 e. The van der Waals surface area contributed by atoms with E-state index >= 15 is 0 Å². The molecule has 0 atom stereocenters. The molecule has 0 spiro atoms. The number of carbonyl (C=O) groups is 1. The first kappa shape index (κ1) is 16.8. The fraction of sp³-hybridized carbons (Fsp3) is 0.150. The van der Waals surface area contributed by atoms with Gasteiger partial charge in [0.25, 0.3) is 0 Å². The molecular weight excluding hydrogens is 342 g/mol. The summed E-state index contributed by atoms with van der Waals surface area (Å²) >= 11 is 0. The van der Waals surface area contributed by atoms with Gasteiger partial charge in [-0.1, -0.05) is 18.2 Å². The molecule has 1 aromatic heterocycles. The number of urea groups is 1. The zero-order valence-electron chi connectivity index (χ0n) is 15.1. The number of hydrogen-bond acceptors (Lipinski definition) is 5. The number of para-hydroxylation sites is 1. The summed E-state index contributed by atoms with van der Waals surface area (Å²) in [5, 5.41) is 3.16. The van der Waals surface area contributed by atoms with Crippen molar-refractivity contribution in [3.63, 3.8) is 0 Å². The number of fused-ring (bicyclic) bond motifs is 1. The molecule has 0 bridgehead atoms. The van der Waals surface area contributed by atoms with Gasteiger partial charge in [0.2, 0.25) is 5.95 Å². The number of hydrogen-bond donors (Lipinski definition) is 1. The lowest BCUT2D eigenvalue weighted by Gasteiger charge is -2.34. The van der Waals surface area contributed by atoms with E-state index in [1.165, 1.54) is 0 Å². The zero-order chi connectivity index (χ0) is 18.8. The van der Waals surface area contributed by atoms with Crippen LogP contribution in [0.15, 0.2) is 60.8 Å². The molecule has 1 N–H and O–H groups in total. The van der Waals surface area contributed by atoms with E-state index in [-0.39, 0.29) is 6.03 Å². The Morgan fingerprint density at radius 2 is 1.81 bits per heavy atom. The molecule has 1 aliphatic heterocycles. The lowest BCUT2D eigenvalue weighted by molar-refractivity contribution is 0.251. The fourth-order valence-corrected chi connectivity index (χ4v) is 2.98. The number of carbonyl (C=O) groups excluding carboxylic acids is 1. The standard InChI is InChI=1S/C20H19N5O2/c1-24-18-14(12-21-19(23-18)22-15-6-4-3-5-7-15)13-25(20(24)26)16-8-10-17(27-2)11-9-16/h3-12H,13H2,1-2H3,(H,21,22,23). The summed E-state index contributed by atoms with van der Waals surface area (Å²) in [6.45, 7) is 0.413. The van der Waals surface area contributed by atoms with Gasteiger partial charge in [0, 0.05) is 30.2 Å². The Balaban J connectivity index is 1.61. The topological polar surface area (TPSA) is 70.6 Å². The molecule has 2 aromatic carbocycles. The Morgan fingerprint density at radius 3 is 2.52 bits per heavy atom. The minimum atomic E-state index is -0.142. The summed E-state index contributed by atoms with van der Waals surface area (Å²) in [6, 6.07) is 16.9. The second kappa shape index (κ2) is 6.95. The van der Waals surface area contributed by atoms with Gasteiger partial charge < -0.3 is 10.1 Å². The second-order valence-electron chi connectivity index (χ2n) is 6.16. The predicted molar refractivity (Wildman–Crippen MR) is 105 cm³/mol. The van der Waals surface area contributed by atoms with Crippen molar-refractivity contribution in [1.82, 2.24) is 9.97 Å². The number of rotatable bonds is 4. The predicted octanol–water partition coefficient (Wildman–Crippen LogP) is 3.81. The van der Waals surface area contributed by atoms with Gasteiger partial charge in [0.1, 0.15) is 11.6 Å². The van der Waals surface area contributed by atoms with Crippen molar-refractivity contribution in [3.05, 3.63) is 66.4 Å². The third-order valence-electron chi connectivity index (χ3n) is 4.42. The summed E-state index contributed by atoms with van der Waals surface area (Å²) in [7, 11) is 3.33. The molecule has 136 valence electrons. The van der Waals surface area contributed by atoms with Gasteiger partial charge >= 0.3 is 6.03 Å². The molecule has 0 fully saturated rings. The number of ether oxygens (including phenoxy) is 1. The van der Waals surface area contributed by atoms with Crippen molar-refractivity contribution in [2.75, 3.05) is 29.3 Å². The van der Waals surface area contributed by atoms with Crippen LogP contribution in [0.5, 0.6) is 5.75 Å². The zero-order valence-corrected chi connectivity index (χ0v) is 15.1. The number of nitrogens with zero attached hydrogens (tertiary/aromatic N) is 4. The van der Waals surface area contributed by atoms with Crippen LogP contribution in [0.3, 0.4) is 0 Å². The highest BCUT2D eigenvalue weighted by Crippen LogP contribution is 2.31. The first-order chi connectivity index (χ1) is 13.2.